The molecule has 5 aliphatic carbocycles. The highest BCUT2D eigenvalue weighted by atomic mass is 16.5. The molecule has 2 saturated carbocycles. The fourth-order valence-corrected chi connectivity index (χ4v) is 16.5. The molecule has 10 atom stereocenters. The van der Waals surface area contributed by atoms with Gasteiger partial charge < -0.3 is 56.0 Å². The predicted molar refractivity (Wildman–Crippen MR) is 330 cm³/mol. The van der Waals surface area contributed by atoms with E-state index in [1.54, 1.807) is 36.4 Å². The molecular formula is C73H76N4O9. The molecule has 6 aromatic rings. The van der Waals surface area contributed by atoms with Crippen molar-refractivity contribution in [3.63, 3.8) is 0 Å². The molecule has 5 heterocycles. The molecule has 86 heavy (non-hydrogen) atoms. The Morgan fingerprint density at radius 3 is 2.48 bits per heavy atom. The summed E-state index contributed by atoms with van der Waals surface area (Å²) in [6.45, 7) is 0.516. The van der Waals surface area contributed by atoms with E-state index in [1.807, 2.05) is 36.7 Å². The van der Waals surface area contributed by atoms with Gasteiger partial charge in [-0.2, -0.15) is 0 Å². The van der Waals surface area contributed by atoms with E-state index >= 15 is 9.59 Å². The number of allylic oxidation sites excluding steroid dienone is 1. The van der Waals surface area contributed by atoms with E-state index in [1.165, 1.54) is 0 Å². The number of nitrogens with one attached hydrogen (secondary N) is 4. The van der Waals surface area contributed by atoms with Crippen LogP contribution in [-0.2, 0) is 40.7 Å². The molecule has 13 heteroatoms. The lowest BCUT2D eigenvalue weighted by atomic mass is 9.62. The summed E-state index contributed by atoms with van der Waals surface area (Å²) in [4.78, 5) is 39.4. The lowest BCUT2D eigenvalue weighted by molar-refractivity contribution is -0.136. The van der Waals surface area contributed by atoms with Gasteiger partial charge in [0, 0.05) is 78.9 Å². The number of ether oxygens (including phenoxy) is 1. The Balaban J connectivity index is 1.07. The highest BCUT2D eigenvalue weighted by Crippen LogP contribution is 2.56. The topological polar surface area (TPSA) is 220 Å². The predicted octanol–water partition coefficient (Wildman–Crippen LogP) is 10.2. The van der Waals surface area contributed by atoms with Crippen molar-refractivity contribution >= 4 is 29.0 Å². The monoisotopic (exact) mass is 1150 g/mol. The number of carbonyl (C=O) groups excluding carboxylic acids is 2. The van der Waals surface area contributed by atoms with Gasteiger partial charge in [0.15, 0.2) is 17.3 Å². The zero-order chi connectivity index (χ0) is 58.8. The summed E-state index contributed by atoms with van der Waals surface area (Å²) < 4.78 is 6.69. The molecule has 9 bridgehead atoms. The van der Waals surface area contributed by atoms with E-state index in [4.69, 9.17) is 4.74 Å². The Labute approximate surface area is 502 Å². The third kappa shape index (κ3) is 9.90. The van der Waals surface area contributed by atoms with E-state index in [0.29, 0.717) is 73.3 Å². The van der Waals surface area contributed by atoms with Crippen molar-refractivity contribution in [3.8, 4) is 52.1 Å². The van der Waals surface area contributed by atoms with E-state index in [-0.39, 0.29) is 79.1 Å². The summed E-state index contributed by atoms with van der Waals surface area (Å²) in [5.74, 6) is 10.8. The van der Waals surface area contributed by atoms with Crippen LogP contribution in [0, 0.1) is 47.4 Å². The van der Waals surface area contributed by atoms with Crippen LogP contribution >= 0.6 is 0 Å². The number of Topliss-reactive ketones (excluding diaryl/α,β-unsaturated/α-hetero) is 2. The van der Waals surface area contributed by atoms with Crippen molar-refractivity contribution in [3.05, 3.63) is 164 Å². The Morgan fingerprint density at radius 2 is 1.60 bits per heavy atom. The molecule has 4 aromatic carbocycles. The van der Waals surface area contributed by atoms with Crippen LogP contribution in [0.5, 0.6) is 17.2 Å². The van der Waals surface area contributed by atoms with Crippen molar-refractivity contribution in [2.45, 2.75) is 150 Å². The standard InChI is InChI=1S/C73H76N4O9/c78-34-27-53-62(80)22-19-42-35-57(68(82)63(36-42)86-49-14-2-3-15-49)67(81)56-38-47-37-45-25-32-76-71(45)77-60-21-20-46-41-74-31-8-11-43-9-1-4-16-50(43)55(56)39-59(47)73(70(46)84)28-7-13-48(73)12-6-17-54-64(60)65(69(53)83)58(52-26-33-75-66(52)54)40-72(85)29-23-44-10-5-18-61(79)51(44)24-30-72/h1,4-5,9-10,16,18,24-26,30,32-33,35-36,38-39,46,48-49,53,58,60,65,67,70,74-79,81-82,84-85H,2-3,7-8,11,13-15,17,19,22-23,27-29,31,34,37,40-41H2. The van der Waals surface area contributed by atoms with Crippen LogP contribution < -0.4 is 15.4 Å². The maximum atomic E-state index is 16.7. The maximum absolute atomic E-state index is 16.7. The minimum atomic E-state index is -1.51. The first-order valence-corrected chi connectivity index (χ1v) is 31.5. The van der Waals surface area contributed by atoms with Crippen molar-refractivity contribution < 1.29 is 45.0 Å². The van der Waals surface area contributed by atoms with Crippen molar-refractivity contribution in [1.29, 1.82) is 0 Å². The number of rotatable bonds is 6. The van der Waals surface area contributed by atoms with E-state index in [2.05, 4.69) is 74.6 Å². The number of aryl methyl sites for hydroxylation is 3. The quantitative estimate of drug-likeness (QED) is 0.0559. The van der Waals surface area contributed by atoms with Crippen molar-refractivity contribution in [2.75, 3.05) is 25.0 Å². The number of benzene rings is 4. The number of fused-ring (bicyclic) bond motifs is 10. The minimum Gasteiger partial charge on any atom is -0.507 e. The summed E-state index contributed by atoms with van der Waals surface area (Å²) in [6.07, 6.45) is 13.0. The van der Waals surface area contributed by atoms with Gasteiger partial charge >= 0.3 is 0 Å². The second-order valence-electron chi connectivity index (χ2n) is 25.7. The summed E-state index contributed by atoms with van der Waals surface area (Å²) >= 11 is 0. The lowest BCUT2D eigenvalue weighted by Crippen LogP contribution is -2.49. The summed E-state index contributed by atoms with van der Waals surface area (Å²) in [5.41, 5.74) is 8.94. The van der Waals surface area contributed by atoms with E-state index < -0.39 is 65.3 Å². The number of anilines is 1. The number of aromatic hydroxyl groups is 2. The molecule has 1 spiro atoms. The second kappa shape index (κ2) is 22.9. The molecule has 0 saturated heterocycles. The number of aliphatic hydroxyl groups excluding tert-OH is 3. The number of aliphatic hydroxyl groups is 4. The average Bonchev–Trinajstić information content (AvgIpc) is 1.32. The fraction of sp³-hybridized carbons (Fsp3) is 0.425. The van der Waals surface area contributed by atoms with Gasteiger partial charge in [0.25, 0.3) is 0 Å². The zero-order valence-electron chi connectivity index (χ0n) is 48.6. The molecular weight excluding hydrogens is 1080 g/mol. The number of phenolic OH excluding ortho intramolecular Hbond substituents is 2. The van der Waals surface area contributed by atoms with Crippen LogP contribution in [0.3, 0.4) is 0 Å². The molecule has 13 nitrogen and oxygen atoms in total. The van der Waals surface area contributed by atoms with Crippen LogP contribution in [0.2, 0.25) is 0 Å². The maximum Gasteiger partial charge on any atom is 0.163 e. The Bertz CT molecular complexity index is 3860. The molecule has 442 valence electrons. The Morgan fingerprint density at radius 1 is 0.756 bits per heavy atom. The molecule has 8 aliphatic rings. The van der Waals surface area contributed by atoms with Gasteiger partial charge in [-0.15, -0.1) is 0 Å². The van der Waals surface area contributed by atoms with Crippen LogP contribution in [-0.4, -0.2) is 95.7 Å². The van der Waals surface area contributed by atoms with Crippen molar-refractivity contribution in [2.24, 2.45) is 23.7 Å². The largest absolute Gasteiger partial charge is 0.507 e. The number of aromatic amines is 2. The molecule has 10 N–H and O–H groups in total. The number of phenols is 2. The molecule has 0 radical (unpaired) electrons. The Hall–Kier alpha value is -7.62. The summed E-state index contributed by atoms with van der Waals surface area (Å²) in [7, 11) is 0. The number of hydrogen-bond acceptors (Lipinski definition) is 11. The van der Waals surface area contributed by atoms with Gasteiger partial charge in [-0.3, -0.25) is 9.59 Å². The zero-order valence-corrected chi connectivity index (χ0v) is 48.6. The third-order valence-corrected chi connectivity index (χ3v) is 20.8. The first-order chi connectivity index (χ1) is 41.9. The first kappa shape index (κ1) is 56.2. The van der Waals surface area contributed by atoms with Gasteiger partial charge in [0.1, 0.15) is 29.5 Å². The van der Waals surface area contributed by atoms with Gasteiger partial charge in [0.05, 0.1) is 35.6 Å². The molecule has 14 rings (SSSR count). The minimum absolute atomic E-state index is 0.0547. The Kier molecular flexibility index (Phi) is 15.0. The van der Waals surface area contributed by atoms with E-state index in [0.717, 1.165) is 94.3 Å². The first-order valence-electron chi connectivity index (χ1n) is 31.5. The fourth-order valence-electron chi connectivity index (χ4n) is 16.5. The third-order valence-electron chi connectivity index (χ3n) is 20.8. The van der Waals surface area contributed by atoms with Crippen molar-refractivity contribution in [1.82, 2.24) is 15.3 Å². The second-order valence-corrected chi connectivity index (χ2v) is 25.7. The van der Waals surface area contributed by atoms with Crippen LogP contribution in [0.25, 0.3) is 22.8 Å². The summed E-state index contributed by atoms with van der Waals surface area (Å²) in [6, 6.07) is 24.7. The summed E-state index contributed by atoms with van der Waals surface area (Å²) in [5, 5.41) is 82.9. The van der Waals surface area contributed by atoms with Crippen LogP contribution in [0.1, 0.15) is 157 Å². The molecule has 10 unspecified atom stereocenters. The number of carbonyl (C=O) groups is 2. The smallest absolute Gasteiger partial charge is 0.163 e. The van der Waals surface area contributed by atoms with Gasteiger partial charge in [-0.1, -0.05) is 84.7 Å². The number of H-pyrrole nitrogens is 2. The molecule has 0 amide bonds. The van der Waals surface area contributed by atoms with Crippen LogP contribution in [0.15, 0.2) is 103 Å². The van der Waals surface area contributed by atoms with Gasteiger partial charge in [0.2, 0.25) is 0 Å². The molecule has 3 aliphatic heterocycles. The van der Waals surface area contributed by atoms with Gasteiger partial charge in [-0.05, 0) is 193 Å². The number of hydrogen-bond donors (Lipinski definition) is 10. The molecule has 2 aromatic heterocycles. The highest BCUT2D eigenvalue weighted by Gasteiger charge is 2.54. The normalized spacial score (nSPS) is 28.7. The number of ketones is 2. The highest BCUT2D eigenvalue weighted by molar-refractivity contribution is 6.06. The number of aromatic nitrogens is 2. The van der Waals surface area contributed by atoms with Crippen LogP contribution in [0.4, 0.5) is 5.82 Å². The molecule has 2 fully saturated rings. The van der Waals surface area contributed by atoms with E-state index in [9.17, 15) is 30.6 Å². The average molecular weight is 1150 g/mol. The SMILES string of the molecule is O=C1CCc2cc(OC3CCCC3)c(O)c(c2)C(O)c2cc3c4cc2-c2ccccc2CCCNCC2C#CC(Nc5[nH]ccc5C3)C3=C(CC#CC5CCCC45C2O)c2[nH]ccc2C(CC2(O)C=Cc4c(O)cccc4CC2)C3C(=O)C1CCO. The van der Waals surface area contributed by atoms with Gasteiger partial charge in [-0.25, -0.2) is 0 Å². The lowest BCUT2D eigenvalue weighted by Gasteiger charge is -2.43.